The summed E-state index contributed by atoms with van der Waals surface area (Å²) in [7, 11) is 0. The topological polar surface area (TPSA) is 67.8 Å². The summed E-state index contributed by atoms with van der Waals surface area (Å²) in [4.78, 5) is 11.7. The highest BCUT2D eigenvalue weighted by Gasteiger charge is 2.10. The first kappa shape index (κ1) is 20.7. The maximum Gasteiger partial charge on any atom is 0.338 e. The quantitative estimate of drug-likeness (QED) is 0.716. The molecule has 1 unspecified atom stereocenters. The van der Waals surface area contributed by atoms with Crippen LogP contribution in [0.3, 0.4) is 0 Å². The van der Waals surface area contributed by atoms with E-state index in [0.717, 1.165) is 0 Å². The van der Waals surface area contributed by atoms with Gasteiger partial charge in [0.05, 0.1) is 11.7 Å². The van der Waals surface area contributed by atoms with Crippen molar-refractivity contribution in [2.75, 3.05) is 13.2 Å². The lowest BCUT2D eigenvalue weighted by atomic mass is 10.2. The molecule has 1 atom stereocenters. The van der Waals surface area contributed by atoms with Gasteiger partial charge in [-0.15, -0.1) is 12.4 Å². The average Bonchev–Trinajstić information content (AvgIpc) is 2.42. The third kappa shape index (κ3) is 8.22. The normalized spacial score (nSPS) is 12.0. The van der Waals surface area contributed by atoms with Crippen LogP contribution >= 0.6 is 12.4 Å². The Morgan fingerprint density at radius 2 is 1.77 bits per heavy atom. The number of rotatable bonds is 8. The van der Waals surface area contributed by atoms with Crippen molar-refractivity contribution < 1.29 is 19.4 Å². The minimum atomic E-state index is -0.571. The monoisotopic (exact) mass is 331 g/mol. The molecule has 0 bridgehead atoms. The lowest BCUT2D eigenvalue weighted by Gasteiger charge is -2.15. The first-order valence-electron chi connectivity index (χ1n) is 7.23. The van der Waals surface area contributed by atoms with Crippen LogP contribution in [0.4, 0.5) is 0 Å². The van der Waals surface area contributed by atoms with Gasteiger partial charge in [-0.25, -0.2) is 4.79 Å². The van der Waals surface area contributed by atoms with Gasteiger partial charge in [-0.2, -0.15) is 0 Å². The van der Waals surface area contributed by atoms with Gasteiger partial charge in [0.15, 0.2) is 0 Å². The summed E-state index contributed by atoms with van der Waals surface area (Å²) >= 11 is 0. The number of hydrogen-bond donors (Lipinski definition) is 2. The van der Waals surface area contributed by atoms with E-state index in [0.29, 0.717) is 23.9 Å². The van der Waals surface area contributed by atoms with Gasteiger partial charge in [0, 0.05) is 12.6 Å². The number of benzene rings is 1. The van der Waals surface area contributed by atoms with Crippen molar-refractivity contribution in [3.63, 3.8) is 0 Å². The van der Waals surface area contributed by atoms with Crippen LogP contribution < -0.4 is 10.1 Å². The van der Waals surface area contributed by atoms with Crippen LogP contribution in [0.15, 0.2) is 24.3 Å². The van der Waals surface area contributed by atoms with Crippen molar-refractivity contribution in [1.29, 1.82) is 0 Å². The standard InChI is InChI=1S/C16H25NO4.ClH/c1-11(2)17-9-14(18)10-20-15-7-5-13(6-8-15)16(19)21-12(3)4;/h5-8,11-12,14,17-18H,9-10H2,1-4H3;1H. The minimum absolute atomic E-state index is 0. The summed E-state index contributed by atoms with van der Waals surface area (Å²) in [6, 6.07) is 7.02. The second kappa shape index (κ2) is 10.4. The summed E-state index contributed by atoms with van der Waals surface area (Å²) in [5.74, 6) is 0.261. The first-order chi connectivity index (χ1) is 9.88. The SMILES string of the molecule is CC(C)NCC(O)COc1ccc(C(=O)OC(C)C)cc1.Cl. The summed E-state index contributed by atoms with van der Waals surface area (Å²) < 4.78 is 10.6. The van der Waals surface area contributed by atoms with E-state index in [1.807, 2.05) is 27.7 Å². The molecule has 0 heterocycles. The van der Waals surface area contributed by atoms with Gasteiger partial charge in [0.2, 0.25) is 0 Å². The van der Waals surface area contributed by atoms with E-state index in [1.54, 1.807) is 24.3 Å². The molecule has 6 heteroatoms. The van der Waals surface area contributed by atoms with Gasteiger partial charge < -0.3 is 19.9 Å². The Morgan fingerprint density at radius 1 is 1.18 bits per heavy atom. The van der Waals surface area contributed by atoms with E-state index in [9.17, 15) is 9.90 Å². The number of carbonyl (C=O) groups is 1. The Bertz CT molecular complexity index is 434. The van der Waals surface area contributed by atoms with E-state index < -0.39 is 6.10 Å². The predicted molar refractivity (Wildman–Crippen MR) is 88.9 cm³/mol. The number of aliphatic hydroxyl groups excluding tert-OH is 1. The highest BCUT2D eigenvalue weighted by Crippen LogP contribution is 2.13. The Hall–Kier alpha value is -1.30. The van der Waals surface area contributed by atoms with Crippen molar-refractivity contribution >= 4 is 18.4 Å². The molecule has 1 rings (SSSR count). The molecule has 0 aliphatic carbocycles. The molecule has 126 valence electrons. The molecular formula is C16H26ClNO4. The molecule has 0 radical (unpaired) electrons. The fourth-order valence-corrected chi connectivity index (χ4v) is 1.59. The lowest BCUT2D eigenvalue weighted by Crippen LogP contribution is -2.35. The number of carbonyl (C=O) groups excluding carboxylic acids is 1. The molecule has 0 saturated carbocycles. The molecular weight excluding hydrogens is 306 g/mol. The van der Waals surface area contributed by atoms with E-state index in [4.69, 9.17) is 9.47 Å². The number of hydrogen-bond acceptors (Lipinski definition) is 5. The minimum Gasteiger partial charge on any atom is -0.491 e. The van der Waals surface area contributed by atoms with Crippen LogP contribution in [-0.2, 0) is 4.74 Å². The van der Waals surface area contributed by atoms with E-state index in [-0.39, 0.29) is 31.1 Å². The summed E-state index contributed by atoms with van der Waals surface area (Å²) in [5.41, 5.74) is 0.484. The van der Waals surface area contributed by atoms with Crippen molar-refractivity contribution in [1.82, 2.24) is 5.32 Å². The smallest absolute Gasteiger partial charge is 0.338 e. The Labute approximate surface area is 138 Å². The number of halogens is 1. The molecule has 0 aliphatic rings. The molecule has 1 aromatic carbocycles. The molecule has 22 heavy (non-hydrogen) atoms. The van der Waals surface area contributed by atoms with Gasteiger partial charge in [0.1, 0.15) is 18.5 Å². The van der Waals surface area contributed by atoms with Crippen LogP contribution in [-0.4, -0.2) is 42.5 Å². The highest BCUT2D eigenvalue weighted by atomic mass is 35.5. The second-order valence-electron chi connectivity index (χ2n) is 5.51. The number of esters is 1. The predicted octanol–water partition coefficient (Wildman–Crippen LogP) is 2.41. The fraction of sp³-hybridized carbons (Fsp3) is 0.562. The molecule has 0 saturated heterocycles. The van der Waals surface area contributed by atoms with Gasteiger partial charge in [-0.05, 0) is 38.1 Å². The summed E-state index contributed by atoms with van der Waals surface area (Å²) in [6.45, 7) is 8.33. The van der Waals surface area contributed by atoms with E-state index in [1.165, 1.54) is 0 Å². The van der Waals surface area contributed by atoms with Crippen molar-refractivity contribution in [3.05, 3.63) is 29.8 Å². The van der Waals surface area contributed by atoms with E-state index >= 15 is 0 Å². The first-order valence-corrected chi connectivity index (χ1v) is 7.23. The zero-order valence-corrected chi connectivity index (χ0v) is 14.4. The summed E-state index contributed by atoms with van der Waals surface area (Å²) in [6.07, 6.45) is -0.713. The zero-order chi connectivity index (χ0) is 15.8. The van der Waals surface area contributed by atoms with Gasteiger partial charge in [-0.3, -0.25) is 0 Å². The molecule has 0 amide bonds. The second-order valence-corrected chi connectivity index (χ2v) is 5.51. The Morgan fingerprint density at radius 3 is 2.27 bits per heavy atom. The molecule has 0 aliphatic heterocycles. The molecule has 0 fully saturated rings. The maximum absolute atomic E-state index is 11.7. The van der Waals surface area contributed by atoms with Crippen LogP contribution in [0.2, 0.25) is 0 Å². The molecule has 0 spiro atoms. The van der Waals surface area contributed by atoms with Crippen LogP contribution in [0.1, 0.15) is 38.1 Å². The largest absolute Gasteiger partial charge is 0.491 e. The Kier molecular flexibility index (Phi) is 9.81. The maximum atomic E-state index is 11.7. The zero-order valence-electron chi connectivity index (χ0n) is 13.5. The van der Waals surface area contributed by atoms with Crippen LogP contribution in [0.5, 0.6) is 5.75 Å². The third-order valence-electron chi connectivity index (χ3n) is 2.64. The van der Waals surface area contributed by atoms with Gasteiger partial charge >= 0.3 is 5.97 Å². The highest BCUT2D eigenvalue weighted by molar-refractivity contribution is 5.89. The van der Waals surface area contributed by atoms with E-state index in [2.05, 4.69) is 5.32 Å². The lowest BCUT2D eigenvalue weighted by molar-refractivity contribution is 0.0377. The van der Waals surface area contributed by atoms with Crippen LogP contribution in [0.25, 0.3) is 0 Å². The van der Waals surface area contributed by atoms with Gasteiger partial charge in [-0.1, -0.05) is 13.8 Å². The molecule has 1 aromatic rings. The molecule has 2 N–H and O–H groups in total. The number of ether oxygens (including phenoxy) is 2. The fourth-order valence-electron chi connectivity index (χ4n) is 1.59. The third-order valence-corrected chi connectivity index (χ3v) is 2.64. The van der Waals surface area contributed by atoms with Crippen molar-refractivity contribution in [2.45, 2.75) is 45.9 Å². The number of aliphatic hydroxyl groups is 1. The molecule has 0 aromatic heterocycles. The Balaban J connectivity index is 0.00000441. The average molecular weight is 332 g/mol. The molecule has 5 nitrogen and oxygen atoms in total. The van der Waals surface area contributed by atoms with Crippen LogP contribution in [0, 0.1) is 0 Å². The number of nitrogens with one attached hydrogen (secondary N) is 1. The van der Waals surface area contributed by atoms with Gasteiger partial charge in [0.25, 0.3) is 0 Å². The van der Waals surface area contributed by atoms with Crippen molar-refractivity contribution in [3.8, 4) is 5.75 Å². The summed E-state index contributed by atoms with van der Waals surface area (Å²) in [5, 5.41) is 12.9. The van der Waals surface area contributed by atoms with Crippen molar-refractivity contribution in [2.24, 2.45) is 0 Å².